The normalized spacial score (nSPS) is 16.1. The van der Waals surface area contributed by atoms with Crippen LogP contribution in [0.1, 0.15) is 56.1 Å². The summed E-state index contributed by atoms with van der Waals surface area (Å²) in [5.74, 6) is 0.903. The zero-order valence-corrected chi connectivity index (χ0v) is 14.1. The lowest BCUT2D eigenvalue weighted by Crippen LogP contribution is -2.15. The summed E-state index contributed by atoms with van der Waals surface area (Å²) in [4.78, 5) is 12.1. The second-order valence-corrected chi connectivity index (χ2v) is 6.88. The Morgan fingerprint density at radius 3 is 2.60 bits per heavy atom. The summed E-state index contributed by atoms with van der Waals surface area (Å²) < 4.78 is 0.973. The molecule has 0 atom stereocenters. The molecule has 1 aliphatic carbocycles. The second-order valence-electron chi connectivity index (χ2n) is 6.03. The van der Waals surface area contributed by atoms with Gasteiger partial charge in [0.15, 0.2) is 0 Å². The van der Waals surface area contributed by atoms with E-state index in [1.807, 2.05) is 13.0 Å². The molecule has 1 N–H and O–H groups in total. The monoisotopic (exact) mass is 337 g/mol. The number of carbonyl (C=O) groups is 1. The van der Waals surface area contributed by atoms with Crippen molar-refractivity contribution in [2.75, 3.05) is 5.32 Å². The van der Waals surface area contributed by atoms with Crippen LogP contribution in [0.4, 0.5) is 5.69 Å². The predicted octanol–water partition coefficient (Wildman–Crippen LogP) is 5.36. The van der Waals surface area contributed by atoms with Crippen LogP contribution in [0.2, 0.25) is 0 Å². The number of rotatable bonds is 4. The fraction of sp³-hybridized carbons (Fsp3) is 0.588. The van der Waals surface area contributed by atoms with Crippen molar-refractivity contribution < 1.29 is 4.79 Å². The molecule has 0 aromatic heterocycles. The van der Waals surface area contributed by atoms with Gasteiger partial charge in [-0.3, -0.25) is 4.79 Å². The molecule has 20 heavy (non-hydrogen) atoms. The molecule has 0 saturated heterocycles. The SMILES string of the molecule is Cc1cc(C)c(NC(=O)CCC2CCCCC2)c(Br)c1. The van der Waals surface area contributed by atoms with E-state index in [9.17, 15) is 4.79 Å². The van der Waals surface area contributed by atoms with Crippen LogP contribution < -0.4 is 5.32 Å². The Bertz CT molecular complexity index is 455. The van der Waals surface area contributed by atoms with Gasteiger partial charge in [-0.25, -0.2) is 0 Å². The summed E-state index contributed by atoms with van der Waals surface area (Å²) >= 11 is 3.54. The standard InChI is InChI=1S/C17H24BrNO/c1-12-10-13(2)17(15(18)11-12)19-16(20)9-8-14-6-4-3-5-7-14/h10-11,14H,3-9H2,1-2H3,(H,19,20). The molecule has 3 heteroatoms. The Morgan fingerprint density at radius 1 is 1.25 bits per heavy atom. The van der Waals surface area contributed by atoms with E-state index in [1.54, 1.807) is 0 Å². The van der Waals surface area contributed by atoms with Gasteiger partial charge in [0, 0.05) is 10.9 Å². The van der Waals surface area contributed by atoms with Crippen LogP contribution >= 0.6 is 15.9 Å². The predicted molar refractivity (Wildman–Crippen MR) is 88.1 cm³/mol. The van der Waals surface area contributed by atoms with E-state index in [-0.39, 0.29) is 5.91 Å². The summed E-state index contributed by atoms with van der Waals surface area (Å²) in [7, 11) is 0. The van der Waals surface area contributed by atoms with Gasteiger partial charge in [-0.05, 0) is 59.3 Å². The highest BCUT2D eigenvalue weighted by Gasteiger charge is 2.15. The number of amides is 1. The molecule has 2 rings (SSSR count). The average Bonchev–Trinajstić information content (AvgIpc) is 2.42. The molecule has 0 bridgehead atoms. The van der Waals surface area contributed by atoms with Crippen LogP contribution in [0.25, 0.3) is 0 Å². The topological polar surface area (TPSA) is 29.1 Å². The summed E-state index contributed by atoms with van der Waals surface area (Å²) in [5, 5.41) is 3.06. The molecule has 1 fully saturated rings. The molecule has 1 aromatic rings. The maximum atomic E-state index is 12.1. The van der Waals surface area contributed by atoms with E-state index in [4.69, 9.17) is 0 Å². The van der Waals surface area contributed by atoms with Crippen molar-refractivity contribution in [2.45, 2.75) is 58.8 Å². The van der Waals surface area contributed by atoms with E-state index in [2.05, 4.69) is 34.2 Å². The van der Waals surface area contributed by atoms with Crippen molar-refractivity contribution >= 4 is 27.5 Å². The summed E-state index contributed by atoms with van der Waals surface area (Å²) in [5.41, 5.74) is 3.24. The Morgan fingerprint density at radius 2 is 1.95 bits per heavy atom. The van der Waals surface area contributed by atoms with Crippen LogP contribution in [-0.4, -0.2) is 5.91 Å². The van der Waals surface area contributed by atoms with Crippen molar-refractivity contribution in [3.63, 3.8) is 0 Å². The molecule has 1 saturated carbocycles. The maximum absolute atomic E-state index is 12.1. The number of halogens is 1. The molecular formula is C17H24BrNO. The van der Waals surface area contributed by atoms with Crippen LogP contribution in [0, 0.1) is 19.8 Å². The van der Waals surface area contributed by atoms with Crippen LogP contribution in [0.5, 0.6) is 0 Å². The van der Waals surface area contributed by atoms with E-state index in [0.29, 0.717) is 6.42 Å². The van der Waals surface area contributed by atoms with Crippen molar-refractivity contribution in [2.24, 2.45) is 5.92 Å². The molecule has 1 aliphatic rings. The summed E-state index contributed by atoms with van der Waals surface area (Å²) in [6, 6.07) is 4.14. The number of hydrogen-bond donors (Lipinski definition) is 1. The third kappa shape index (κ3) is 4.34. The Balaban J connectivity index is 1.88. The molecule has 1 aromatic carbocycles. The van der Waals surface area contributed by atoms with Gasteiger partial charge in [0.1, 0.15) is 0 Å². The van der Waals surface area contributed by atoms with E-state index < -0.39 is 0 Å². The smallest absolute Gasteiger partial charge is 0.224 e. The van der Waals surface area contributed by atoms with Gasteiger partial charge in [0.25, 0.3) is 0 Å². The Labute approximate surface area is 130 Å². The molecule has 110 valence electrons. The zero-order chi connectivity index (χ0) is 14.5. The lowest BCUT2D eigenvalue weighted by molar-refractivity contribution is -0.116. The number of hydrogen-bond acceptors (Lipinski definition) is 1. The molecule has 0 heterocycles. The van der Waals surface area contributed by atoms with Gasteiger partial charge in [-0.1, -0.05) is 38.2 Å². The number of benzene rings is 1. The quantitative estimate of drug-likeness (QED) is 0.786. The van der Waals surface area contributed by atoms with Crippen LogP contribution in [0.3, 0.4) is 0 Å². The Hall–Kier alpha value is -0.830. The molecule has 0 spiro atoms. The highest BCUT2D eigenvalue weighted by molar-refractivity contribution is 9.10. The van der Waals surface area contributed by atoms with E-state index in [0.717, 1.165) is 28.1 Å². The first-order valence-electron chi connectivity index (χ1n) is 7.63. The van der Waals surface area contributed by atoms with Gasteiger partial charge in [-0.2, -0.15) is 0 Å². The van der Waals surface area contributed by atoms with Crippen molar-refractivity contribution in [1.82, 2.24) is 0 Å². The minimum atomic E-state index is 0.142. The number of carbonyl (C=O) groups excluding carboxylic acids is 1. The zero-order valence-electron chi connectivity index (χ0n) is 12.5. The van der Waals surface area contributed by atoms with E-state index in [1.165, 1.54) is 37.7 Å². The van der Waals surface area contributed by atoms with Crippen molar-refractivity contribution in [3.8, 4) is 0 Å². The lowest BCUT2D eigenvalue weighted by Gasteiger charge is -2.21. The van der Waals surface area contributed by atoms with Gasteiger partial charge in [0.2, 0.25) is 5.91 Å². The lowest BCUT2D eigenvalue weighted by atomic mass is 9.86. The fourth-order valence-corrected chi connectivity index (χ4v) is 3.86. The minimum Gasteiger partial charge on any atom is -0.325 e. The highest BCUT2D eigenvalue weighted by Crippen LogP contribution is 2.29. The highest BCUT2D eigenvalue weighted by atomic mass is 79.9. The number of aryl methyl sites for hydroxylation is 2. The molecule has 0 unspecified atom stereocenters. The van der Waals surface area contributed by atoms with Crippen molar-refractivity contribution in [3.05, 3.63) is 27.7 Å². The molecular weight excluding hydrogens is 314 g/mol. The third-order valence-electron chi connectivity index (χ3n) is 4.20. The van der Waals surface area contributed by atoms with Gasteiger partial charge < -0.3 is 5.32 Å². The van der Waals surface area contributed by atoms with Gasteiger partial charge >= 0.3 is 0 Å². The van der Waals surface area contributed by atoms with Crippen LogP contribution in [-0.2, 0) is 4.79 Å². The largest absolute Gasteiger partial charge is 0.325 e. The van der Waals surface area contributed by atoms with Gasteiger partial charge in [0.05, 0.1) is 5.69 Å². The summed E-state index contributed by atoms with van der Waals surface area (Å²) in [6.07, 6.45) is 8.35. The second kappa shape index (κ2) is 7.26. The number of nitrogens with one attached hydrogen (secondary N) is 1. The first-order chi connectivity index (χ1) is 9.56. The molecule has 0 radical (unpaired) electrons. The van der Waals surface area contributed by atoms with E-state index >= 15 is 0 Å². The fourth-order valence-electron chi connectivity index (χ4n) is 3.09. The first-order valence-corrected chi connectivity index (χ1v) is 8.42. The molecule has 1 amide bonds. The molecule has 2 nitrogen and oxygen atoms in total. The number of anilines is 1. The third-order valence-corrected chi connectivity index (χ3v) is 4.83. The molecule has 0 aliphatic heterocycles. The van der Waals surface area contributed by atoms with Gasteiger partial charge in [-0.15, -0.1) is 0 Å². The average molecular weight is 338 g/mol. The first kappa shape index (κ1) is 15.6. The minimum absolute atomic E-state index is 0.142. The Kier molecular flexibility index (Phi) is 5.64. The summed E-state index contributed by atoms with van der Waals surface area (Å²) in [6.45, 7) is 4.10. The maximum Gasteiger partial charge on any atom is 0.224 e. The van der Waals surface area contributed by atoms with Crippen molar-refractivity contribution in [1.29, 1.82) is 0 Å². The van der Waals surface area contributed by atoms with Crippen LogP contribution in [0.15, 0.2) is 16.6 Å².